The number of carbonyl (C=O) groups excluding carboxylic acids is 1. The fourth-order valence-corrected chi connectivity index (χ4v) is 3.79. The first kappa shape index (κ1) is 15.1. The number of carbonyl (C=O) groups is 1. The molecule has 3 nitrogen and oxygen atoms in total. The van der Waals surface area contributed by atoms with Gasteiger partial charge in [-0.1, -0.05) is 60.4 Å². The van der Waals surface area contributed by atoms with Crippen LogP contribution in [0.4, 0.5) is 0 Å². The molecule has 0 aliphatic carbocycles. The summed E-state index contributed by atoms with van der Waals surface area (Å²) in [4.78, 5) is 17.0. The zero-order valence-electron chi connectivity index (χ0n) is 12.2. The molecular weight excluding hydrogens is 312 g/mol. The summed E-state index contributed by atoms with van der Waals surface area (Å²) in [5, 5.41) is 0. The third kappa shape index (κ3) is 3.00. The molecule has 0 atom stereocenters. The summed E-state index contributed by atoms with van der Waals surface area (Å²) in [6.07, 6.45) is 8.57. The number of nitrogens with zero attached hydrogens (tertiary/aromatic N) is 2. The van der Waals surface area contributed by atoms with E-state index >= 15 is 0 Å². The molecule has 1 fully saturated rings. The van der Waals surface area contributed by atoms with E-state index in [1.165, 1.54) is 17.3 Å². The van der Waals surface area contributed by atoms with E-state index in [9.17, 15) is 4.79 Å². The number of amides is 1. The first-order valence-electron chi connectivity index (χ1n) is 7.06. The molecule has 22 heavy (non-hydrogen) atoms. The van der Waals surface area contributed by atoms with Crippen molar-refractivity contribution in [3.05, 3.63) is 70.9 Å². The zero-order valence-corrected chi connectivity index (χ0v) is 13.9. The minimum atomic E-state index is 0.00716. The molecule has 1 aromatic rings. The molecule has 0 unspecified atom stereocenters. The molecular formula is C17H16N2OS2. The lowest BCUT2D eigenvalue weighted by molar-refractivity contribution is -0.122. The first-order valence-corrected chi connectivity index (χ1v) is 8.29. The number of thioether (sulfide) groups is 1. The van der Waals surface area contributed by atoms with Gasteiger partial charge in [0.15, 0.2) is 0 Å². The van der Waals surface area contributed by atoms with Gasteiger partial charge in [-0.2, -0.15) is 0 Å². The average molecular weight is 328 g/mol. The van der Waals surface area contributed by atoms with Crippen LogP contribution in [0, 0.1) is 0 Å². The maximum absolute atomic E-state index is 12.7. The number of hydrogen-bond donors (Lipinski definition) is 0. The first-order chi connectivity index (χ1) is 10.7. The van der Waals surface area contributed by atoms with Crippen molar-refractivity contribution in [1.29, 1.82) is 0 Å². The largest absolute Gasteiger partial charge is 0.350 e. The van der Waals surface area contributed by atoms with Crippen LogP contribution in [-0.4, -0.2) is 33.6 Å². The molecule has 2 heterocycles. The van der Waals surface area contributed by atoms with Crippen molar-refractivity contribution < 1.29 is 4.79 Å². The molecule has 1 aromatic carbocycles. The Balaban J connectivity index is 1.76. The smallest absolute Gasteiger partial charge is 0.268 e. The van der Waals surface area contributed by atoms with Crippen molar-refractivity contribution in [2.75, 3.05) is 13.6 Å². The van der Waals surface area contributed by atoms with Crippen molar-refractivity contribution in [3.8, 4) is 0 Å². The minimum absolute atomic E-state index is 0.00716. The van der Waals surface area contributed by atoms with E-state index in [1.54, 1.807) is 4.90 Å². The van der Waals surface area contributed by atoms with Crippen LogP contribution in [0.2, 0.25) is 0 Å². The molecule has 0 bridgehead atoms. The highest BCUT2D eigenvalue weighted by atomic mass is 32.2. The quantitative estimate of drug-likeness (QED) is 0.627. The van der Waals surface area contributed by atoms with E-state index in [4.69, 9.17) is 12.2 Å². The Hall–Kier alpha value is -1.85. The second kappa shape index (κ2) is 6.50. The monoisotopic (exact) mass is 328 g/mol. The van der Waals surface area contributed by atoms with Crippen molar-refractivity contribution in [3.63, 3.8) is 0 Å². The lowest BCUT2D eigenvalue weighted by Gasteiger charge is -2.19. The number of allylic oxidation sites excluding steroid dienone is 3. The Kier molecular flexibility index (Phi) is 4.45. The Labute approximate surface area is 140 Å². The summed E-state index contributed by atoms with van der Waals surface area (Å²) in [5.74, 6) is 0.00716. The van der Waals surface area contributed by atoms with Crippen molar-refractivity contribution >= 4 is 34.2 Å². The number of thiocarbonyl (C=S) groups is 1. The highest BCUT2D eigenvalue weighted by Gasteiger charge is 2.34. The Bertz CT molecular complexity index is 692. The number of hydrogen-bond acceptors (Lipinski definition) is 4. The summed E-state index contributed by atoms with van der Waals surface area (Å²) < 4.78 is 0.639. The summed E-state index contributed by atoms with van der Waals surface area (Å²) in [6, 6.07) is 10.1. The van der Waals surface area contributed by atoms with E-state index in [-0.39, 0.29) is 5.91 Å². The van der Waals surface area contributed by atoms with Gasteiger partial charge in [-0.25, -0.2) is 0 Å². The van der Waals surface area contributed by atoms with Crippen LogP contribution in [-0.2, 0) is 11.2 Å². The van der Waals surface area contributed by atoms with Crippen LogP contribution in [0.5, 0.6) is 0 Å². The molecule has 0 aromatic heterocycles. The molecule has 0 N–H and O–H groups in total. The van der Waals surface area contributed by atoms with Crippen molar-refractivity contribution in [2.24, 2.45) is 0 Å². The molecule has 3 rings (SSSR count). The Morgan fingerprint density at radius 1 is 1.18 bits per heavy atom. The summed E-state index contributed by atoms with van der Waals surface area (Å²) in [6.45, 7) is 0.620. The topological polar surface area (TPSA) is 23.6 Å². The highest BCUT2D eigenvalue weighted by Crippen LogP contribution is 2.35. The van der Waals surface area contributed by atoms with E-state index in [2.05, 4.69) is 12.1 Å². The van der Waals surface area contributed by atoms with E-state index < -0.39 is 0 Å². The van der Waals surface area contributed by atoms with Gasteiger partial charge >= 0.3 is 0 Å². The van der Waals surface area contributed by atoms with Crippen LogP contribution in [0.15, 0.2) is 65.4 Å². The van der Waals surface area contributed by atoms with E-state index in [1.807, 2.05) is 54.6 Å². The Morgan fingerprint density at radius 3 is 2.68 bits per heavy atom. The van der Waals surface area contributed by atoms with Crippen LogP contribution in [0.3, 0.4) is 0 Å². The maximum atomic E-state index is 12.7. The molecule has 0 saturated carbocycles. The molecule has 0 spiro atoms. The number of benzene rings is 1. The van der Waals surface area contributed by atoms with Gasteiger partial charge in [0.25, 0.3) is 5.91 Å². The molecule has 1 amide bonds. The predicted molar refractivity (Wildman–Crippen MR) is 95.1 cm³/mol. The van der Waals surface area contributed by atoms with Gasteiger partial charge in [0.1, 0.15) is 9.23 Å². The molecule has 5 heteroatoms. The second-order valence-corrected chi connectivity index (χ2v) is 6.73. The van der Waals surface area contributed by atoms with Gasteiger partial charge in [0.05, 0.1) is 5.70 Å². The predicted octanol–water partition coefficient (Wildman–Crippen LogP) is 3.32. The number of likely N-dealkylation sites (N-methyl/N-ethyl adjacent to an activating group) is 1. The van der Waals surface area contributed by atoms with Gasteiger partial charge in [0, 0.05) is 19.8 Å². The lowest BCUT2D eigenvalue weighted by atomic mass is 10.1. The maximum Gasteiger partial charge on any atom is 0.268 e. The summed E-state index contributed by atoms with van der Waals surface area (Å²) in [7, 11) is 1.94. The van der Waals surface area contributed by atoms with Gasteiger partial charge in [0.2, 0.25) is 0 Å². The average Bonchev–Trinajstić information content (AvgIpc) is 2.81. The Morgan fingerprint density at radius 2 is 1.95 bits per heavy atom. The van der Waals surface area contributed by atoms with Crippen LogP contribution >= 0.6 is 24.0 Å². The normalized spacial score (nSPS) is 21.1. The second-order valence-electron chi connectivity index (χ2n) is 5.09. The van der Waals surface area contributed by atoms with Crippen molar-refractivity contribution in [1.82, 2.24) is 9.80 Å². The fraction of sp³-hybridized carbons (Fsp3) is 0.176. The van der Waals surface area contributed by atoms with Crippen LogP contribution < -0.4 is 0 Å². The van der Waals surface area contributed by atoms with E-state index in [0.717, 1.165) is 12.1 Å². The van der Waals surface area contributed by atoms with Gasteiger partial charge in [-0.3, -0.25) is 9.69 Å². The standard InChI is InChI=1S/C17H16N2OS2/c1-18-11-6-5-9-14(18)15-16(20)19(17(21)22-15)12-10-13-7-3-2-4-8-13/h2-9,11H,10,12H2,1H3/b15-14+. The third-order valence-electron chi connectivity index (χ3n) is 3.60. The highest BCUT2D eigenvalue weighted by molar-refractivity contribution is 8.26. The zero-order chi connectivity index (χ0) is 15.5. The molecule has 0 radical (unpaired) electrons. The molecule has 112 valence electrons. The van der Waals surface area contributed by atoms with Gasteiger partial charge in [-0.15, -0.1) is 0 Å². The fourth-order valence-electron chi connectivity index (χ4n) is 2.39. The van der Waals surface area contributed by atoms with Gasteiger partial charge in [-0.05, 0) is 24.1 Å². The van der Waals surface area contributed by atoms with Crippen molar-refractivity contribution in [2.45, 2.75) is 6.42 Å². The van der Waals surface area contributed by atoms with Crippen LogP contribution in [0.1, 0.15) is 5.56 Å². The van der Waals surface area contributed by atoms with Gasteiger partial charge < -0.3 is 4.90 Å². The number of rotatable bonds is 3. The van der Waals surface area contributed by atoms with Crippen LogP contribution in [0.25, 0.3) is 0 Å². The minimum Gasteiger partial charge on any atom is -0.350 e. The lowest BCUT2D eigenvalue weighted by Crippen LogP contribution is -2.30. The third-order valence-corrected chi connectivity index (χ3v) is 5.06. The SMILES string of the molecule is CN1C=CC=C/C1=C1\SC(=S)N(CCc2ccccc2)C1=O. The molecule has 1 saturated heterocycles. The molecule has 2 aliphatic heterocycles. The molecule has 2 aliphatic rings. The summed E-state index contributed by atoms with van der Waals surface area (Å²) in [5.41, 5.74) is 2.11. The summed E-state index contributed by atoms with van der Waals surface area (Å²) >= 11 is 6.78. The van der Waals surface area contributed by atoms with E-state index in [0.29, 0.717) is 15.8 Å².